The minimum absolute atomic E-state index is 0.0491. The number of pyridine rings is 1. The van der Waals surface area contributed by atoms with Gasteiger partial charge in [-0.3, -0.25) is 9.69 Å². The van der Waals surface area contributed by atoms with Crippen LogP contribution in [-0.4, -0.2) is 60.3 Å². The lowest BCUT2D eigenvalue weighted by Gasteiger charge is -2.41. The number of hydrogen-bond acceptors (Lipinski definition) is 3. The normalized spacial score (nSPS) is 16.9. The van der Waals surface area contributed by atoms with Crippen molar-refractivity contribution in [3.8, 4) is 16.9 Å². The number of aryl methyl sites for hydroxylation is 2. The predicted molar refractivity (Wildman–Crippen MR) is 115 cm³/mol. The maximum atomic E-state index is 12.0. The van der Waals surface area contributed by atoms with E-state index in [1.807, 2.05) is 26.1 Å². The lowest BCUT2D eigenvalue weighted by atomic mass is 10.0. The van der Waals surface area contributed by atoms with Gasteiger partial charge in [0.25, 0.3) is 5.56 Å². The van der Waals surface area contributed by atoms with Gasteiger partial charge < -0.3 is 13.8 Å². The molecule has 0 bridgehead atoms. The lowest BCUT2D eigenvalue weighted by Crippen LogP contribution is -2.56. The van der Waals surface area contributed by atoms with Gasteiger partial charge in [-0.15, -0.1) is 0 Å². The van der Waals surface area contributed by atoms with Gasteiger partial charge in [0, 0.05) is 44.0 Å². The van der Waals surface area contributed by atoms with Gasteiger partial charge in [0.2, 0.25) is 0 Å². The van der Waals surface area contributed by atoms with Crippen LogP contribution in [0.2, 0.25) is 0 Å². The molecule has 0 spiro atoms. The SMILES string of the molecule is CCOc1cc(-c2cc(C)c(=O)n(C)c2)ccc1CN1CC[N+](C)(CC)CC1. The molecule has 2 heterocycles. The zero-order valence-corrected chi connectivity index (χ0v) is 18.0. The molecule has 28 heavy (non-hydrogen) atoms. The second kappa shape index (κ2) is 8.50. The summed E-state index contributed by atoms with van der Waals surface area (Å²) in [5.41, 5.74) is 4.17. The predicted octanol–water partition coefficient (Wildman–Crippen LogP) is 3.04. The molecule has 0 amide bonds. The smallest absolute Gasteiger partial charge is 0.253 e. The summed E-state index contributed by atoms with van der Waals surface area (Å²) in [5, 5.41) is 0. The van der Waals surface area contributed by atoms with E-state index in [0.717, 1.165) is 42.1 Å². The molecule has 0 aliphatic carbocycles. The molecule has 0 radical (unpaired) electrons. The first-order valence-corrected chi connectivity index (χ1v) is 10.3. The van der Waals surface area contributed by atoms with Crippen LogP contribution in [-0.2, 0) is 13.6 Å². The highest BCUT2D eigenvalue weighted by Gasteiger charge is 2.27. The van der Waals surface area contributed by atoms with Crippen LogP contribution in [0.3, 0.4) is 0 Å². The van der Waals surface area contributed by atoms with Gasteiger partial charge in [0.05, 0.1) is 33.3 Å². The zero-order chi connectivity index (χ0) is 20.3. The molecule has 1 aliphatic rings. The van der Waals surface area contributed by atoms with Crippen LogP contribution >= 0.6 is 0 Å². The number of piperazine rings is 1. The molecule has 152 valence electrons. The summed E-state index contributed by atoms with van der Waals surface area (Å²) in [4.78, 5) is 14.5. The fourth-order valence-corrected chi connectivity index (χ4v) is 3.89. The quantitative estimate of drug-likeness (QED) is 0.718. The molecule has 5 nitrogen and oxygen atoms in total. The van der Waals surface area contributed by atoms with Crippen LogP contribution in [0.5, 0.6) is 5.75 Å². The van der Waals surface area contributed by atoms with Crippen molar-refractivity contribution < 1.29 is 9.22 Å². The maximum Gasteiger partial charge on any atom is 0.253 e. The van der Waals surface area contributed by atoms with Crippen molar-refractivity contribution >= 4 is 0 Å². The first-order chi connectivity index (χ1) is 13.3. The van der Waals surface area contributed by atoms with Gasteiger partial charge in [-0.2, -0.15) is 0 Å². The second-order valence-electron chi connectivity index (χ2n) is 8.24. The molecule has 0 saturated carbocycles. The topological polar surface area (TPSA) is 34.5 Å². The monoisotopic (exact) mass is 384 g/mol. The molecule has 1 saturated heterocycles. The third-order valence-electron chi connectivity index (χ3n) is 6.13. The lowest BCUT2D eigenvalue weighted by molar-refractivity contribution is -0.912. The number of rotatable bonds is 6. The summed E-state index contributed by atoms with van der Waals surface area (Å²) in [6.07, 6.45) is 1.90. The molecule has 2 aromatic rings. The zero-order valence-electron chi connectivity index (χ0n) is 18.0. The molecule has 0 N–H and O–H groups in total. The highest BCUT2D eigenvalue weighted by Crippen LogP contribution is 2.29. The molecule has 0 atom stereocenters. The van der Waals surface area contributed by atoms with E-state index in [9.17, 15) is 4.79 Å². The van der Waals surface area contributed by atoms with E-state index in [1.165, 1.54) is 29.7 Å². The number of nitrogens with zero attached hydrogens (tertiary/aromatic N) is 3. The van der Waals surface area contributed by atoms with Gasteiger partial charge >= 0.3 is 0 Å². The fourth-order valence-electron chi connectivity index (χ4n) is 3.89. The highest BCUT2D eigenvalue weighted by molar-refractivity contribution is 5.66. The van der Waals surface area contributed by atoms with Crippen molar-refractivity contribution in [1.29, 1.82) is 0 Å². The summed E-state index contributed by atoms with van der Waals surface area (Å²) in [6, 6.07) is 8.41. The molecule has 0 unspecified atom stereocenters. The summed E-state index contributed by atoms with van der Waals surface area (Å²) in [6.45, 7) is 13.6. The summed E-state index contributed by atoms with van der Waals surface area (Å²) in [5.74, 6) is 0.949. The Balaban J connectivity index is 1.83. The molecule has 1 aliphatic heterocycles. The van der Waals surface area contributed by atoms with Crippen LogP contribution in [0.15, 0.2) is 35.3 Å². The molecule has 1 aromatic heterocycles. The van der Waals surface area contributed by atoms with E-state index in [1.54, 1.807) is 11.6 Å². The first kappa shape index (κ1) is 20.6. The van der Waals surface area contributed by atoms with Gasteiger partial charge in [-0.1, -0.05) is 12.1 Å². The fraction of sp³-hybridized carbons (Fsp3) is 0.522. The number of benzene rings is 1. The molecular formula is C23H34N3O2+. The van der Waals surface area contributed by atoms with Gasteiger partial charge in [0.1, 0.15) is 5.75 Å². The van der Waals surface area contributed by atoms with E-state index in [-0.39, 0.29) is 5.56 Å². The molecule has 1 aromatic carbocycles. The maximum absolute atomic E-state index is 12.0. The summed E-state index contributed by atoms with van der Waals surface area (Å²) in [7, 11) is 4.16. The number of ether oxygens (including phenoxy) is 1. The first-order valence-electron chi connectivity index (χ1n) is 10.3. The molecule has 5 heteroatoms. The van der Waals surface area contributed by atoms with Gasteiger partial charge in [-0.25, -0.2) is 0 Å². The van der Waals surface area contributed by atoms with E-state index < -0.39 is 0 Å². The highest BCUT2D eigenvalue weighted by atomic mass is 16.5. The second-order valence-corrected chi connectivity index (χ2v) is 8.24. The Morgan fingerprint density at radius 1 is 1.11 bits per heavy atom. The average molecular weight is 385 g/mol. The van der Waals surface area contributed by atoms with Crippen LogP contribution in [0.1, 0.15) is 25.0 Å². The Bertz CT molecular complexity index is 854. The average Bonchev–Trinajstić information content (AvgIpc) is 2.69. The van der Waals surface area contributed by atoms with Crippen LogP contribution in [0.25, 0.3) is 11.1 Å². The van der Waals surface area contributed by atoms with Crippen molar-refractivity contribution in [1.82, 2.24) is 9.47 Å². The molecular weight excluding hydrogens is 350 g/mol. The Morgan fingerprint density at radius 3 is 2.43 bits per heavy atom. The van der Waals surface area contributed by atoms with Crippen molar-refractivity contribution in [3.63, 3.8) is 0 Å². The van der Waals surface area contributed by atoms with E-state index in [4.69, 9.17) is 4.74 Å². The number of quaternary nitrogens is 1. The van der Waals surface area contributed by atoms with Gasteiger partial charge in [0.15, 0.2) is 0 Å². The third-order valence-corrected chi connectivity index (χ3v) is 6.13. The Kier molecular flexibility index (Phi) is 6.26. The van der Waals surface area contributed by atoms with Crippen molar-refractivity contribution in [2.75, 3.05) is 46.4 Å². The van der Waals surface area contributed by atoms with E-state index in [2.05, 4.69) is 37.1 Å². The largest absolute Gasteiger partial charge is 0.494 e. The van der Waals surface area contributed by atoms with Gasteiger partial charge in [-0.05, 0) is 44.0 Å². The minimum atomic E-state index is 0.0491. The van der Waals surface area contributed by atoms with Crippen LogP contribution < -0.4 is 10.3 Å². The summed E-state index contributed by atoms with van der Waals surface area (Å²) < 4.78 is 8.80. The molecule has 3 rings (SSSR count). The third kappa shape index (κ3) is 4.47. The van der Waals surface area contributed by atoms with E-state index >= 15 is 0 Å². The number of aromatic nitrogens is 1. The van der Waals surface area contributed by atoms with Crippen LogP contribution in [0.4, 0.5) is 0 Å². The van der Waals surface area contributed by atoms with E-state index in [0.29, 0.717) is 6.61 Å². The Morgan fingerprint density at radius 2 is 1.82 bits per heavy atom. The number of likely N-dealkylation sites (N-methyl/N-ethyl adjacent to an activating group) is 1. The van der Waals surface area contributed by atoms with Crippen LogP contribution in [0, 0.1) is 6.92 Å². The Labute approximate surface area is 168 Å². The molecule has 1 fully saturated rings. The van der Waals surface area contributed by atoms with Crippen molar-refractivity contribution in [2.24, 2.45) is 7.05 Å². The van der Waals surface area contributed by atoms with Crippen molar-refractivity contribution in [3.05, 3.63) is 51.9 Å². The number of hydrogen-bond donors (Lipinski definition) is 0. The Hall–Kier alpha value is -2.11. The summed E-state index contributed by atoms with van der Waals surface area (Å²) >= 11 is 0. The minimum Gasteiger partial charge on any atom is -0.494 e. The van der Waals surface area contributed by atoms with Crippen molar-refractivity contribution in [2.45, 2.75) is 27.3 Å². The standard InChI is InChI=1S/C23H34N3O2/c1-6-26(5)12-10-25(11-13-26)17-20-9-8-19(15-22(20)28-7-2)21-14-18(3)23(27)24(4)16-21/h8-9,14-16H,6-7,10-13,17H2,1-5H3/q+1.